The van der Waals surface area contributed by atoms with Crippen LogP contribution in [0.5, 0.6) is 0 Å². The molecule has 2 N–H and O–H groups in total. The molecule has 0 aliphatic heterocycles. The number of amides is 1. The lowest BCUT2D eigenvalue weighted by molar-refractivity contribution is -0.122. The van der Waals surface area contributed by atoms with Crippen LogP contribution in [0.15, 0.2) is 30.3 Å². The lowest BCUT2D eigenvalue weighted by atomic mass is 9.96. The van der Waals surface area contributed by atoms with Gasteiger partial charge in [0.2, 0.25) is 5.91 Å². The molecule has 0 aliphatic carbocycles. The summed E-state index contributed by atoms with van der Waals surface area (Å²) in [6, 6.07) is 10.0. The van der Waals surface area contributed by atoms with Crippen molar-refractivity contribution in [3.05, 3.63) is 35.9 Å². The van der Waals surface area contributed by atoms with Gasteiger partial charge in [-0.3, -0.25) is 4.79 Å². The molecule has 0 saturated heterocycles. The maximum Gasteiger partial charge on any atom is 0.220 e. The van der Waals surface area contributed by atoms with Gasteiger partial charge in [0.15, 0.2) is 0 Å². The SMILES string of the molecule is CC(O)CCC(=O)NC(c1ccccc1)C(C)C. The van der Waals surface area contributed by atoms with Gasteiger partial charge >= 0.3 is 0 Å². The average molecular weight is 249 g/mol. The van der Waals surface area contributed by atoms with Crippen molar-refractivity contribution in [2.45, 2.75) is 45.8 Å². The number of carbonyl (C=O) groups is 1. The van der Waals surface area contributed by atoms with Crippen LogP contribution >= 0.6 is 0 Å². The summed E-state index contributed by atoms with van der Waals surface area (Å²) >= 11 is 0. The first-order valence-corrected chi connectivity index (χ1v) is 6.53. The summed E-state index contributed by atoms with van der Waals surface area (Å²) in [5, 5.41) is 12.2. The highest BCUT2D eigenvalue weighted by Crippen LogP contribution is 2.21. The van der Waals surface area contributed by atoms with Gasteiger partial charge < -0.3 is 10.4 Å². The quantitative estimate of drug-likeness (QED) is 0.814. The summed E-state index contributed by atoms with van der Waals surface area (Å²) in [5.41, 5.74) is 1.12. The summed E-state index contributed by atoms with van der Waals surface area (Å²) in [5.74, 6) is 0.335. The molecular weight excluding hydrogens is 226 g/mol. The van der Waals surface area contributed by atoms with E-state index in [2.05, 4.69) is 19.2 Å². The topological polar surface area (TPSA) is 49.3 Å². The molecule has 2 atom stereocenters. The third kappa shape index (κ3) is 4.88. The summed E-state index contributed by atoms with van der Waals surface area (Å²) in [4.78, 5) is 11.8. The molecule has 0 heterocycles. The van der Waals surface area contributed by atoms with Crippen molar-refractivity contribution in [1.29, 1.82) is 0 Å². The Morgan fingerprint density at radius 1 is 1.22 bits per heavy atom. The molecule has 2 unspecified atom stereocenters. The van der Waals surface area contributed by atoms with Crippen molar-refractivity contribution < 1.29 is 9.90 Å². The van der Waals surface area contributed by atoms with E-state index in [0.717, 1.165) is 5.56 Å². The van der Waals surface area contributed by atoms with Crippen LogP contribution in [0, 0.1) is 5.92 Å². The minimum atomic E-state index is -0.426. The lowest BCUT2D eigenvalue weighted by Gasteiger charge is -2.23. The Morgan fingerprint density at radius 2 is 1.83 bits per heavy atom. The van der Waals surface area contributed by atoms with Crippen molar-refractivity contribution in [3.8, 4) is 0 Å². The number of benzene rings is 1. The first kappa shape index (κ1) is 14.7. The third-order valence-corrected chi connectivity index (χ3v) is 2.93. The minimum Gasteiger partial charge on any atom is -0.393 e. The van der Waals surface area contributed by atoms with E-state index in [4.69, 9.17) is 0 Å². The predicted molar refractivity (Wildman–Crippen MR) is 73.1 cm³/mol. The van der Waals surface area contributed by atoms with Crippen LogP contribution in [0.2, 0.25) is 0 Å². The molecule has 100 valence electrons. The summed E-state index contributed by atoms with van der Waals surface area (Å²) in [6.07, 6.45) is 0.448. The van der Waals surface area contributed by atoms with Gasteiger partial charge in [-0.15, -0.1) is 0 Å². The Bertz CT molecular complexity index is 360. The van der Waals surface area contributed by atoms with E-state index in [0.29, 0.717) is 18.8 Å². The maximum atomic E-state index is 11.8. The second-order valence-corrected chi connectivity index (χ2v) is 5.09. The molecule has 1 rings (SSSR count). The number of aliphatic hydroxyl groups excluding tert-OH is 1. The van der Waals surface area contributed by atoms with Crippen LogP contribution in [-0.4, -0.2) is 17.1 Å². The van der Waals surface area contributed by atoms with Crippen molar-refractivity contribution in [3.63, 3.8) is 0 Å². The summed E-state index contributed by atoms with van der Waals surface area (Å²) in [7, 11) is 0. The Labute approximate surface area is 109 Å². The third-order valence-electron chi connectivity index (χ3n) is 2.93. The van der Waals surface area contributed by atoms with Gasteiger partial charge in [0.1, 0.15) is 0 Å². The molecule has 0 fully saturated rings. The monoisotopic (exact) mass is 249 g/mol. The van der Waals surface area contributed by atoms with Crippen molar-refractivity contribution in [2.24, 2.45) is 5.92 Å². The molecule has 0 aliphatic rings. The Balaban J connectivity index is 2.62. The van der Waals surface area contributed by atoms with Crippen molar-refractivity contribution in [2.75, 3.05) is 0 Å². The normalized spacial score (nSPS) is 14.3. The summed E-state index contributed by atoms with van der Waals surface area (Å²) in [6.45, 7) is 5.88. The minimum absolute atomic E-state index is 0.00143. The smallest absolute Gasteiger partial charge is 0.220 e. The number of hydrogen-bond donors (Lipinski definition) is 2. The lowest BCUT2D eigenvalue weighted by Crippen LogP contribution is -2.32. The predicted octanol–water partition coefficient (Wildman–Crippen LogP) is 2.66. The first-order valence-electron chi connectivity index (χ1n) is 6.53. The van der Waals surface area contributed by atoms with Gasteiger partial charge in [-0.1, -0.05) is 44.2 Å². The maximum absolute atomic E-state index is 11.8. The second-order valence-electron chi connectivity index (χ2n) is 5.09. The van der Waals surface area contributed by atoms with Crippen LogP contribution in [0.1, 0.15) is 45.2 Å². The Kier molecular flexibility index (Phi) is 5.86. The summed E-state index contributed by atoms with van der Waals surface area (Å²) < 4.78 is 0. The zero-order valence-corrected chi connectivity index (χ0v) is 11.4. The highest BCUT2D eigenvalue weighted by molar-refractivity contribution is 5.76. The number of nitrogens with one attached hydrogen (secondary N) is 1. The van der Waals surface area contributed by atoms with Crippen molar-refractivity contribution in [1.82, 2.24) is 5.32 Å². The average Bonchev–Trinajstić information content (AvgIpc) is 2.34. The van der Waals surface area contributed by atoms with Gasteiger partial charge in [0.25, 0.3) is 0 Å². The van der Waals surface area contributed by atoms with Gasteiger partial charge in [-0.25, -0.2) is 0 Å². The van der Waals surface area contributed by atoms with Gasteiger partial charge in [-0.05, 0) is 24.8 Å². The van der Waals surface area contributed by atoms with E-state index in [9.17, 15) is 9.90 Å². The largest absolute Gasteiger partial charge is 0.393 e. The number of carbonyl (C=O) groups excluding carboxylic acids is 1. The standard InChI is InChI=1S/C15H23NO2/c1-11(2)15(13-7-5-4-6-8-13)16-14(18)10-9-12(3)17/h4-8,11-12,15,17H,9-10H2,1-3H3,(H,16,18). The van der Waals surface area contributed by atoms with E-state index in [1.54, 1.807) is 6.92 Å². The Morgan fingerprint density at radius 3 is 2.33 bits per heavy atom. The molecule has 3 heteroatoms. The van der Waals surface area contributed by atoms with E-state index in [1.165, 1.54) is 0 Å². The number of hydrogen-bond acceptors (Lipinski definition) is 2. The van der Waals surface area contributed by atoms with Crippen LogP contribution in [-0.2, 0) is 4.79 Å². The van der Waals surface area contributed by atoms with Crippen LogP contribution in [0.25, 0.3) is 0 Å². The molecule has 0 saturated carbocycles. The molecule has 0 bridgehead atoms. The van der Waals surface area contributed by atoms with Crippen LogP contribution in [0.3, 0.4) is 0 Å². The van der Waals surface area contributed by atoms with E-state index < -0.39 is 6.10 Å². The van der Waals surface area contributed by atoms with Gasteiger partial charge in [0.05, 0.1) is 12.1 Å². The first-order chi connectivity index (χ1) is 8.50. The highest BCUT2D eigenvalue weighted by Gasteiger charge is 2.17. The Hall–Kier alpha value is -1.35. The van der Waals surface area contributed by atoms with E-state index >= 15 is 0 Å². The van der Waals surface area contributed by atoms with E-state index in [1.807, 2.05) is 30.3 Å². The van der Waals surface area contributed by atoms with Crippen LogP contribution < -0.4 is 5.32 Å². The number of rotatable bonds is 6. The molecule has 1 amide bonds. The molecule has 18 heavy (non-hydrogen) atoms. The zero-order valence-electron chi connectivity index (χ0n) is 11.4. The fraction of sp³-hybridized carbons (Fsp3) is 0.533. The zero-order chi connectivity index (χ0) is 13.5. The number of aliphatic hydroxyl groups is 1. The molecule has 0 aromatic heterocycles. The molecule has 0 radical (unpaired) electrons. The van der Waals surface area contributed by atoms with Crippen molar-refractivity contribution >= 4 is 5.91 Å². The van der Waals surface area contributed by atoms with Gasteiger partial charge in [-0.2, -0.15) is 0 Å². The fourth-order valence-corrected chi connectivity index (χ4v) is 1.88. The molecule has 3 nitrogen and oxygen atoms in total. The molecule has 1 aromatic carbocycles. The van der Waals surface area contributed by atoms with Gasteiger partial charge in [0, 0.05) is 6.42 Å². The fourth-order valence-electron chi connectivity index (χ4n) is 1.88. The molecule has 0 spiro atoms. The second kappa shape index (κ2) is 7.17. The molecule has 1 aromatic rings. The van der Waals surface area contributed by atoms with Crippen LogP contribution in [0.4, 0.5) is 0 Å². The highest BCUT2D eigenvalue weighted by atomic mass is 16.3. The van der Waals surface area contributed by atoms with E-state index in [-0.39, 0.29) is 11.9 Å². The molecular formula is C15H23NO2.